The van der Waals surface area contributed by atoms with E-state index in [1.165, 1.54) is 5.56 Å². The maximum absolute atomic E-state index is 12.3. The van der Waals surface area contributed by atoms with Gasteiger partial charge in [-0.2, -0.15) is 5.10 Å². The lowest BCUT2D eigenvalue weighted by atomic mass is 10.0. The summed E-state index contributed by atoms with van der Waals surface area (Å²) in [6.07, 6.45) is 1.84. The van der Waals surface area contributed by atoms with Crippen molar-refractivity contribution >= 4 is 17.7 Å². The Hall–Kier alpha value is -2.71. The molecule has 1 saturated heterocycles. The lowest BCUT2D eigenvalue weighted by Crippen LogP contribution is -2.35. The number of rotatable bonds is 4. The predicted molar refractivity (Wildman–Crippen MR) is 100 cm³/mol. The lowest BCUT2D eigenvalue weighted by Gasteiger charge is -2.26. The van der Waals surface area contributed by atoms with E-state index >= 15 is 0 Å². The largest absolute Gasteiger partial charge is 0.379 e. The molecule has 1 amide bonds. The maximum Gasteiger partial charge on any atom is 0.273 e. The first-order valence-corrected chi connectivity index (χ1v) is 9.05. The van der Waals surface area contributed by atoms with Crippen LogP contribution in [0.4, 0.5) is 0 Å². The fraction of sp³-hybridized carbons (Fsp3) is 0.421. The van der Waals surface area contributed by atoms with E-state index in [9.17, 15) is 4.79 Å². The molecule has 2 aromatic heterocycles. The first kappa shape index (κ1) is 17.7. The molecule has 4 rings (SSSR count). The second-order valence-corrected chi connectivity index (χ2v) is 6.94. The van der Waals surface area contributed by atoms with Crippen molar-refractivity contribution in [2.24, 2.45) is 5.10 Å². The second-order valence-electron chi connectivity index (χ2n) is 6.94. The summed E-state index contributed by atoms with van der Waals surface area (Å²) in [6, 6.07) is 1.77. The molecule has 0 bridgehead atoms. The number of carbonyl (C=O) groups is 1. The Bertz CT molecular complexity index is 931. The highest BCUT2D eigenvalue weighted by Crippen LogP contribution is 2.24. The van der Waals surface area contributed by atoms with Crippen LogP contribution in [-0.4, -0.2) is 53.0 Å². The van der Waals surface area contributed by atoms with Crippen LogP contribution in [0.2, 0.25) is 0 Å². The van der Waals surface area contributed by atoms with Crippen molar-refractivity contribution in [3.05, 3.63) is 45.6 Å². The highest BCUT2D eigenvalue weighted by atomic mass is 16.5. The lowest BCUT2D eigenvalue weighted by molar-refractivity contribution is -0.116. The Morgan fingerprint density at radius 2 is 2.04 bits per heavy atom. The normalized spacial score (nSPS) is 19.6. The van der Waals surface area contributed by atoms with Crippen molar-refractivity contribution in [1.29, 1.82) is 0 Å². The van der Waals surface area contributed by atoms with Gasteiger partial charge in [0.2, 0.25) is 0 Å². The highest BCUT2D eigenvalue weighted by Gasteiger charge is 2.27. The standard InChI is InChI=1S/C19H23N5O3/c1-11-8-17(23-27-11)18-14(19(25)22-21-18)9-16-12(2)15(13(3)20-16)10-24-4-6-26-7-5-24/h8-9,20H,4-7,10H2,1-3H3,(H,22,25). The van der Waals surface area contributed by atoms with Crippen molar-refractivity contribution < 1.29 is 14.1 Å². The third-order valence-corrected chi connectivity index (χ3v) is 5.05. The number of hydrogen-bond donors (Lipinski definition) is 2. The van der Waals surface area contributed by atoms with E-state index in [0.29, 0.717) is 22.7 Å². The van der Waals surface area contributed by atoms with E-state index in [1.807, 2.05) is 6.08 Å². The summed E-state index contributed by atoms with van der Waals surface area (Å²) in [5.74, 6) is 0.429. The average Bonchev–Trinajstić information content (AvgIpc) is 3.31. The van der Waals surface area contributed by atoms with Gasteiger partial charge in [-0.3, -0.25) is 9.69 Å². The third kappa shape index (κ3) is 3.45. The van der Waals surface area contributed by atoms with Crippen LogP contribution >= 0.6 is 0 Å². The zero-order chi connectivity index (χ0) is 19.0. The topological polar surface area (TPSA) is 95.8 Å². The van der Waals surface area contributed by atoms with Gasteiger partial charge < -0.3 is 14.2 Å². The molecule has 0 spiro atoms. The summed E-state index contributed by atoms with van der Waals surface area (Å²) >= 11 is 0. The molecule has 4 heterocycles. The Labute approximate surface area is 157 Å². The fourth-order valence-corrected chi connectivity index (χ4v) is 3.47. The quantitative estimate of drug-likeness (QED) is 0.800. The minimum absolute atomic E-state index is 0.243. The molecule has 0 saturated carbocycles. The maximum atomic E-state index is 12.3. The minimum atomic E-state index is -0.243. The van der Waals surface area contributed by atoms with Crippen LogP contribution in [0.15, 0.2) is 21.3 Å². The van der Waals surface area contributed by atoms with Crippen LogP contribution in [0.25, 0.3) is 6.08 Å². The monoisotopic (exact) mass is 369 g/mol. The van der Waals surface area contributed by atoms with Crippen LogP contribution in [-0.2, 0) is 16.1 Å². The molecule has 8 nitrogen and oxygen atoms in total. The van der Waals surface area contributed by atoms with Gasteiger partial charge in [0, 0.05) is 37.1 Å². The van der Waals surface area contributed by atoms with E-state index in [2.05, 4.69) is 39.4 Å². The molecular formula is C19H23N5O3. The Kier molecular flexibility index (Phi) is 4.67. The molecule has 0 aromatic carbocycles. The number of H-pyrrole nitrogens is 1. The van der Waals surface area contributed by atoms with Crippen molar-refractivity contribution in [3.8, 4) is 0 Å². The number of morpholine rings is 1. The number of aromatic amines is 1. The SMILES string of the molecule is Cc1cc(C2=NNC(=O)C2=Cc2[nH]c(C)c(CN3CCOCC3)c2C)no1. The van der Waals surface area contributed by atoms with Gasteiger partial charge in [0.1, 0.15) is 17.2 Å². The Balaban J connectivity index is 1.64. The van der Waals surface area contributed by atoms with E-state index < -0.39 is 0 Å². The molecule has 0 atom stereocenters. The summed E-state index contributed by atoms with van der Waals surface area (Å²) in [5.41, 5.74) is 8.47. The summed E-state index contributed by atoms with van der Waals surface area (Å²) in [7, 11) is 0. The van der Waals surface area contributed by atoms with Crippen molar-refractivity contribution in [3.63, 3.8) is 0 Å². The number of carbonyl (C=O) groups excluding carboxylic acids is 1. The summed E-state index contributed by atoms with van der Waals surface area (Å²) < 4.78 is 10.6. The van der Waals surface area contributed by atoms with E-state index in [0.717, 1.165) is 49.8 Å². The van der Waals surface area contributed by atoms with Gasteiger partial charge in [-0.25, -0.2) is 5.43 Å². The number of amides is 1. The third-order valence-electron chi connectivity index (χ3n) is 5.05. The summed E-state index contributed by atoms with van der Waals surface area (Å²) in [4.78, 5) is 18.1. The summed E-state index contributed by atoms with van der Waals surface area (Å²) in [5, 5.41) is 8.10. The fourth-order valence-electron chi connectivity index (χ4n) is 3.47. The average molecular weight is 369 g/mol. The number of hydrazone groups is 1. The van der Waals surface area contributed by atoms with Crippen molar-refractivity contribution in [2.75, 3.05) is 26.3 Å². The first-order valence-electron chi connectivity index (χ1n) is 9.05. The van der Waals surface area contributed by atoms with Crippen molar-refractivity contribution in [2.45, 2.75) is 27.3 Å². The molecule has 8 heteroatoms. The highest BCUT2D eigenvalue weighted by molar-refractivity contribution is 6.32. The van der Waals surface area contributed by atoms with Crippen molar-refractivity contribution in [1.82, 2.24) is 20.5 Å². The molecule has 2 aliphatic heterocycles. The molecular weight excluding hydrogens is 346 g/mol. The number of hydrogen-bond acceptors (Lipinski definition) is 6. The number of nitrogens with zero attached hydrogens (tertiary/aromatic N) is 3. The Morgan fingerprint density at radius 1 is 1.26 bits per heavy atom. The molecule has 1 fully saturated rings. The first-order chi connectivity index (χ1) is 13.0. The van der Waals surface area contributed by atoms with Gasteiger partial charge in [-0.1, -0.05) is 5.16 Å². The van der Waals surface area contributed by atoms with Crippen LogP contribution in [0.5, 0.6) is 0 Å². The molecule has 2 aliphatic rings. The number of ether oxygens (including phenoxy) is 1. The minimum Gasteiger partial charge on any atom is -0.379 e. The second kappa shape index (κ2) is 7.13. The molecule has 0 radical (unpaired) electrons. The number of aromatic nitrogens is 2. The smallest absolute Gasteiger partial charge is 0.273 e. The van der Waals surface area contributed by atoms with Gasteiger partial charge in [-0.05, 0) is 38.0 Å². The van der Waals surface area contributed by atoms with Gasteiger partial charge >= 0.3 is 0 Å². The van der Waals surface area contributed by atoms with Gasteiger partial charge in [0.15, 0.2) is 0 Å². The number of nitrogens with one attached hydrogen (secondary N) is 2. The van der Waals surface area contributed by atoms with Crippen LogP contribution < -0.4 is 5.43 Å². The molecule has 0 aliphatic carbocycles. The zero-order valence-electron chi connectivity index (χ0n) is 15.8. The molecule has 2 N–H and O–H groups in total. The van der Waals surface area contributed by atoms with Crippen LogP contribution in [0.3, 0.4) is 0 Å². The molecule has 2 aromatic rings. The predicted octanol–water partition coefficient (Wildman–Crippen LogP) is 1.68. The van der Waals surface area contributed by atoms with E-state index in [4.69, 9.17) is 9.26 Å². The van der Waals surface area contributed by atoms with E-state index in [-0.39, 0.29) is 5.91 Å². The molecule has 0 unspecified atom stereocenters. The van der Waals surface area contributed by atoms with Crippen LogP contribution in [0.1, 0.15) is 34.0 Å². The van der Waals surface area contributed by atoms with Gasteiger partial charge in [0.05, 0.1) is 18.8 Å². The molecule has 142 valence electrons. The number of aryl methyl sites for hydroxylation is 2. The molecule has 27 heavy (non-hydrogen) atoms. The van der Waals surface area contributed by atoms with Crippen LogP contribution in [0, 0.1) is 20.8 Å². The Morgan fingerprint density at radius 3 is 2.74 bits per heavy atom. The zero-order valence-corrected chi connectivity index (χ0v) is 15.8. The van der Waals surface area contributed by atoms with Gasteiger partial charge in [-0.15, -0.1) is 0 Å². The van der Waals surface area contributed by atoms with Gasteiger partial charge in [0.25, 0.3) is 5.91 Å². The van der Waals surface area contributed by atoms with E-state index in [1.54, 1.807) is 13.0 Å². The summed E-state index contributed by atoms with van der Waals surface area (Å²) in [6.45, 7) is 10.2.